The van der Waals surface area contributed by atoms with Crippen molar-refractivity contribution in [1.29, 1.82) is 0 Å². The van der Waals surface area contributed by atoms with Crippen molar-refractivity contribution in [1.82, 2.24) is 0 Å². The topological polar surface area (TPSA) is 104 Å². The van der Waals surface area contributed by atoms with Crippen LogP contribution in [0.5, 0.6) is 0 Å². The van der Waals surface area contributed by atoms with Gasteiger partial charge in [0, 0.05) is 17.3 Å². The summed E-state index contributed by atoms with van der Waals surface area (Å²) in [6, 6.07) is 4.20. The van der Waals surface area contributed by atoms with Crippen molar-refractivity contribution >= 4 is 35.6 Å². The van der Waals surface area contributed by atoms with Gasteiger partial charge in [0.1, 0.15) is 6.04 Å². The maximum atomic E-state index is 11.7. The number of hydrogen-bond acceptors (Lipinski definition) is 4. The maximum Gasteiger partial charge on any atom is 0.243 e. The minimum absolute atomic E-state index is 0. The van der Waals surface area contributed by atoms with Crippen LogP contribution in [0.4, 0.5) is 11.4 Å². The van der Waals surface area contributed by atoms with Crippen LogP contribution in [-0.4, -0.2) is 29.6 Å². The Balaban J connectivity index is 0.00000400. The van der Waals surface area contributed by atoms with Crippen LogP contribution >= 0.6 is 12.4 Å². The number of hydrogen-bond donors (Lipinski definition) is 4. The first-order valence-electron chi connectivity index (χ1n) is 6.44. The fourth-order valence-electron chi connectivity index (χ4n) is 1.43. The number of benzene rings is 1. The minimum atomic E-state index is -0.968. The molecule has 1 aromatic rings. The van der Waals surface area contributed by atoms with Crippen molar-refractivity contribution in [3.63, 3.8) is 0 Å². The van der Waals surface area contributed by atoms with Gasteiger partial charge in [-0.25, -0.2) is 0 Å². The van der Waals surface area contributed by atoms with Crippen LogP contribution < -0.4 is 16.4 Å². The summed E-state index contributed by atoms with van der Waals surface area (Å²) in [5, 5.41) is 14.2. The molecule has 0 saturated carbocycles. The molecule has 6 nitrogen and oxygen atoms in total. The van der Waals surface area contributed by atoms with Crippen molar-refractivity contribution in [3.05, 3.63) is 23.8 Å². The molecule has 1 rings (SSSR count). The zero-order valence-corrected chi connectivity index (χ0v) is 13.2. The Bertz CT molecular complexity index is 506. The van der Waals surface area contributed by atoms with Gasteiger partial charge in [-0.15, -0.1) is 12.4 Å². The molecule has 1 atom stereocenters. The lowest BCUT2D eigenvalue weighted by molar-refractivity contribution is -0.119. The first-order valence-corrected chi connectivity index (χ1v) is 6.44. The van der Waals surface area contributed by atoms with E-state index in [4.69, 9.17) is 10.8 Å². The van der Waals surface area contributed by atoms with Crippen LogP contribution in [0.15, 0.2) is 18.2 Å². The molecule has 0 aromatic heterocycles. The summed E-state index contributed by atoms with van der Waals surface area (Å²) in [4.78, 5) is 23.3. The number of nitrogens with one attached hydrogen (secondary N) is 2. The molecule has 0 bridgehead atoms. The van der Waals surface area contributed by atoms with Gasteiger partial charge in [-0.2, -0.15) is 0 Å². The Morgan fingerprint density at radius 1 is 1.24 bits per heavy atom. The second kappa shape index (κ2) is 8.61. The van der Waals surface area contributed by atoms with E-state index in [1.54, 1.807) is 32.0 Å². The molecule has 0 aliphatic heterocycles. The van der Waals surface area contributed by atoms with Gasteiger partial charge in [0.05, 0.1) is 6.61 Å². The normalized spacial score (nSPS) is 11.5. The highest BCUT2D eigenvalue weighted by Crippen LogP contribution is 2.21. The smallest absolute Gasteiger partial charge is 0.243 e. The van der Waals surface area contributed by atoms with E-state index in [-0.39, 0.29) is 24.2 Å². The molecule has 0 heterocycles. The summed E-state index contributed by atoms with van der Waals surface area (Å²) >= 11 is 0. The zero-order valence-electron chi connectivity index (χ0n) is 12.3. The number of halogens is 1. The highest BCUT2D eigenvalue weighted by atomic mass is 35.5. The van der Waals surface area contributed by atoms with E-state index in [9.17, 15) is 9.59 Å². The van der Waals surface area contributed by atoms with Gasteiger partial charge in [-0.1, -0.05) is 19.9 Å². The van der Waals surface area contributed by atoms with E-state index in [0.29, 0.717) is 11.4 Å². The van der Waals surface area contributed by atoms with E-state index < -0.39 is 18.6 Å². The highest BCUT2D eigenvalue weighted by Gasteiger charge is 2.13. The molecule has 1 aromatic carbocycles. The van der Waals surface area contributed by atoms with Crippen molar-refractivity contribution < 1.29 is 14.7 Å². The van der Waals surface area contributed by atoms with E-state index in [2.05, 4.69) is 10.6 Å². The Hall–Kier alpha value is -1.63. The van der Waals surface area contributed by atoms with Gasteiger partial charge in [-0.3, -0.25) is 9.59 Å². The van der Waals surface area contributed by atoms with Crippen LogP contribution in [0.25, 0.3) is 0 Å². The molecule has 0 aliphatic rings. The molecule has 0 aliphatic carbocycles. The predicted octanol–water partition coefficient (Wildman–Crippen LogP) is 1.27. The monoisotopic (exact) mass is 315 g/mol. The third kappa shape index (κ3) is 5.71. The number of nitrogens with two attached hydrogens (primary N) is 1. The van der Waals surface area contributed by atoms with E-state index in [0.717, 1.165) is 5.56 Å². The van der Waals surface area contributed by atoms with Crippen LogP contribution in [0.2, 0.25) is 0 Å². The first kappa shape index (κ1) is 19.4. The van der Waals surface area contributed by atoms with E-state index >= 15 is 0 Å². The zero-order chi connectivity index (χ0) is 15.3. The minimum Gasteiger partial charge on any atom is -0.394 e. The molecule has 118 valence electrons. The predicted molar refractivity (Wildman–Crippen MR) is 85.6 cm³/mol. The van der Waals surface area contributed by atoms with Gasteiger partial charge in [0.2, 0.25) is 11.8 Å². The summed E-state index contributed by atoms with van der Waals surface area (Å²) in [5.41, 5.74) is 7.47. The maximum absolute atomic E-state index is 11.7. The van der Waals surface area contributed by atoms with Crippen molar-refractivity contribution in [2.24, 2.45) is 11.7 Å². The Kier molecular flexibility index (Phi) is 7.94. The van der Waals surface area contributed by atoms with Crippen LogP contribution in [0, 0.1) is 12.8 Å². The average molecular weight is 316 g/mol. The van der Waals surface area contributed by atoms with Crippen molar-refractivity contribution in [2.75, 3.05) is 17.2 Å². The summed E-state index contributed by atoms with van der Waals surface area (Å²) in [5.74, 6) is -0.698. The summed E-state index contributed by atoms with van der Waals surface area (Å²) < 4.78 is 0. The molecule has 0 saturated heterocycles. The van der Waals surface area contributed by atoms with Crippen LogP contribution in [0.3, 0.4) is 0 Å². The number of aliphatic hydroxyl groups excluding tert-OH is 1. The number of anilines is 2. The molecule has 0 fully saturated rings. The molecule has 0 spiro atoms. The third-order valence-corrected chi connectivity index (χ3v) is 2.82. The van der Waals surface area contributed by atoms with Crippen molar-refractivity contribution in [2.45, 2.75) is 26.8 Å². The molecule has 7 heteroatoms. The Labute approximate surface area is 130 Å². The van der Waals surface area contributed by atoms with Gasteiger partial charge in [0.15, 0.2) is 0 Å². The van der Waals surface area contributed by atoms with Crippen molar-refractivity contribution in [3.8, 4) is 0 Å². The number of carbonyl (C=O) groups excluding carboxylic acids is 2. The highest BCUT2D eigenvalue weighted by molar-refractivity contribution is 5.97. The Morgan fingerprint density at radius 2 is 1.86 bits per heavy atom. The molecule has 21 heavy (non-hydrogen) atoms. The van der Waals surface area contributed by atoms with E-state index in [1.807, 2.05) is 6.92 Å². The number of aliphatic hydroxyl groups is 1. The molecular weight excluding hydrogens is 294 g/mol. The van der Waals surface area contributed by atoms with Crippen LogP contribution in [-0.2, 0) is 9.59 Å². The second-order valence-corrected chi connectivity index (χ2v) is 4.95. The standard InChI is InChI=1S/C14H21N3O3.ClH/c1-8(2)13(19)17-12-6-10(5-4-9(12)3)16-14(20)11(15)7-18;/h4-6,8,11,18H,7,15H2,1-3H3,(H,16,20)(H,17,19);1H/t11-;/m0./s1. The van der Waals surface area contributed by atoms with Gasteiger partial charge in [0.25, 0.3) is 0 Å². The molecule has 2 amide bonds. The average Bonchev–Trinajstić information content (AvgIpc) is 2.41. The summed E-state index contributed by atoms with van der Waals surface area (Å²) in [6.07, 6.45) is 0. The fraction of sp³-hybridized carbons (Fsp3) is 0.429. The number of aryl methyl sites for hydroxylation is 1. The number of amides is 2. The van der Waals surface area contributed by atoms with Gasteiger partial charge < -0.3 is 21.5 Å². The lowest BCUT2D eigenvalue weighted by Crippen LogP contribution is -2.38. The quantitative estimate of drug-likeness (QED) is 0.656. The van der Waals surface area contributed by atoms with Crippen LogP contribution in [0.1, 0.15) is 19.4 Å². The number of carbonyl (C=O) groups is 2. The summed E-state index contributed by atoms with van der Waals surface area (Å²) in [7, 11) is 0. The molecule has 0 unspecified atom stereocenters. The second-order valence-electron chi connectivity index (χ2n) is 4.95. The number of rotatable bonds is 5. The molecular formula is C14H22ClN3O3. The third-order valence-electron chi connectivity index (χ3n) is 2.82. The van der Waals surface area contributed by atoms with Gasteiger partial charge in [-0.05, 0) is 24.6 Å². The first-order chi connectivity index (χ1) is 9.35. The SMILES string of the molecule is Cc1ccc(NC(=O)[C@@H](N)CO)cc1NC(=O)C(C)C.Cl. The fourth-order valence-corrected chi connectivity index (χ4v) is 1.43. The van der Waals surface area contributed by atoms with E-state index in [1.165, 1.54) is 0 Å². The lowest BCUT2D eigenvalue weighted by atomic mass is 10.1. The Morgan fingerprint density at radius 3 is 2.38 bits per heavy atom. The summed E-state index contributed by atoms with van der Waals surface area (Å²) in [6.45, 7) is 5.04. The molecule has 0 radical (unpaired) electrons. The largest absolute Gasteiger partial charge is 0.394 e. The molecule has 5 N–H and O–H groups in total. The lowest BCUT2D eigenvalue weighted by Gasteiger charge is -2.14. The van der Waals surface area contributed by atoms with Gasteiger partial charge >= 0.3 is 0 Å².